The van der Waals surface area contributed by atoms with Gasteiger partial charge in [0.1, 0.15) is 5.82 Å². The third kappa shape index (κ3) is 2.71. The van der Waals surface area contributed by atoms with E-state index < -0.39 is 5.97 Å². The summed E-state index contributed by atoms with van der Waals surface area (Å²) in [6.07, 6.45) is 1.35. The molecule has 0 fully saturated rings. The van der Waals surface area contributed by atoms with Crippen molar-refractivity contribution in [1.82, 2.24) is 4.98 Å². The van der Waals surface area contributed by atoms with E-state index in [0.717, 1.165) is 16.8 Å². The minimum atomic E-state index is -1.06. The van der Waals surface area contributed by atoms with Gasteiger partial charge in [-0.15, -0.1) is 0 Å². The number of hydrogen-bond donors (Lipinski definition) is 3. The lowest BCUT2D eigenvalue weighted by atomic mass is 10.1. The van der Waals surface area contributed by atoms with Crippen molar-refractivity contribution < 1.29 is 9.90 Å². The van der Waals surface area contributed by atoms with Crippen molar-refractivity contribution in [3.8, 4) is 0 Å². The largest absolute Gasteiger partial charge is 0.478 e. The molecule has 2 aromatic rings. The van der Waals surface area contributed by atoms with E-state index >= 15 is 0 Å². The summed E-state index contributed by atoms with van der Waals surface area (Å²) in [5, 5.41) is 12.2. The standard InChI is InChI=1S/C15H17N3O2/c1-8-4-9(2)14(10(3)5-8)18-13-6-11(15(19)20)12(16)7-17-13/h4-7H,16H2,1-3H3,(H,17,18)(H,19,20). The molecule has 0 aliphatic heterocycles. The van der Waals surface area contributed by atoms with E-state index in [1.165, 1.54) is 17.8 Å². The van der Waals surface area contributed by atoms with E-state index in [9.17, 15) is 4.79 Å². The smallest absolute Gasteiger partial charge is 0.337 e. The summed E-state index contributed by atoms with van der Waals surface area (Å²) in [5.74, 6) is -0.600. The van der Waals surface area contributed by atoms with Gasteiger partial charge in [-0.2, -0.15) is 0 Å². The predicted molar refractivity (Wildman–Crippen MR) is 79.5 cm³/mol. The molecule has 1 aromatic heterocycles. The lowest BCUT2D eigenvalue weighted by Crippen LogP contribution is -2.06. The monoisotopic (exact) mass is 271 g/mol. The van der Waals surface area contributed by atoms with Crippen LogP contribution in [-0.4, -0.2) is 16.1 Å². The Morgan fingerprint density at radius 3 is 2.35 bits per heavy atom. The summed E-state index contributed by atoms with van der Waals surface area (Å²) in [6.45, 7) is 6.03. The molecule has 104 valence electrons. The summed E-state index contributed by atoms with van der Waals surface area (Å²) in [6, 6.07) is 5.56. The number of pyridine rings is 1. The van der Waals surface area contributed by atoms with Gasteiger partial charge in [0.15, 0.2) is 0 Å². The highest BCUT2D eigenvalue weighted by atomic mass is 16.4. The van der Waals surface area contributed by atoms with Crippen LogP contribution in [0, 0.1) is 20.8 Å². The van der Waals surface area contributed by atoms with Gasteiger partial charge in [-0.25, -0.2) is 9.78 Å². The van der Waals surface area contributed by atoms with Gasteiger partial charge in [-0.1, -0.05) is 17.7 Å². The average molecular weight is 271 g/mol. The first-order chi connectivity index (χ1) is 9.38. The van der Waals surface area contributed by atoms with Gasteiger partial charge in [0.05, 0.1) is 17.4 Å². The van der Waals surface area contributed by atoms with Crippen LogP contribution in [0.2, 0.25) is 0 Å². The van der Waals surface area contributed by atoms with Crippen LogP contribution in [0.1, 0.15) is 27.0 Å². The molecule has 0 atom stereocenters. The number of nitrogen functional groups attached to an aromatic ring is 1. The third-order valence-electron chi connectivity index (χ3n) is 3.10. The molecule has 4 N–H and O–H groups in total. The minimum absolute atomic E-state index is 0.0462. The van der Waals surface area contributed by atoms with Gasteiger partial charge in [0.25, 0.3) is 0 Å². The molecule has 5 nitrogen and oxygen atoms in total. The highest BCUT2D eigenvalue weighted by Crippen LogP contribution is 2.26. The van der Waals surface area contributed by atoms with Crippen LogP contribution >= 0.6 is 0 Å². The topological polar surface area (TPSA) is 88.2 Å². The van der Waals surface area contributed by atoms with Crippen molar-refractivity contribution in [1.29, 1.82) is 0 Å². The maximum absolute atomic E-state index is 11.1. The lowest BCUT2D eigenvalue weighted by Gasteiger charge is -2.14. The number of nitrogens with two attached hydrogens (primary N) is 1. The highest BCUT2D eigenvalue weighted by molar-refractivity contribution is 5.94. The Morgan fingerprint density at radius 1 is 1.20 bits per heavy atom. The number of benzene rings is 1. The van der Waals surface area contributed by atoms with Crippen molar-refractivity contribution in [3.05, 3.63) is 46.6 Å². The van der Waals surface area contributed by atoms with Crippen LogP contribution in [0.4, 0.5) is 17.2 Å². The molecule has 0 radical (unpaired) electrons. The first-order valence-electron chi connectivity index (χ1n) is 6.22. The Bertz CT molecular complexity index is 658. The number of rotatable bonds is 3. The number of carboxylic acids is 1. The Balaban J connectivity index is 2.41. The van der Waals surface area contributed by atoms with Crippen LogP contribution in [-0.2, 0) is 0 Å². The maximum atomic E-state index is 11.1. The SMILES string of the molecule is Cc1cc(C)c(Nc2cc(C(=O)O)c(N)cn2)c(C)c1. The zero-order valence-electron chi connectivity index (χ0n) is 11.7. The molecule has 0 amide bonds. The Morgan fingerprint density at radius 2 is 1.80 bits per heavy atom. The van der Waals surface area contributed by atoms with Crippen molar-refractivity contribution in [2.75, 3.05) is 11.1 Å². The van der Waals surface area contributed by atoms with Crippen LogP contribution < -0.4 is 11.1 Å². The molecule has 5 heteroatoms. The number of nitrogens with zero attached hydrogens (tertiary/aromatic N) is 1. The van der Waals surface area contributed by atoms with Gasteiger partial charge >= 0.3 is 5.97 Å². The minimum Gasteiger partial charge on any atom is -0.478 e. The first-order valence-corrected chi connectivity index (χ1v) is 6.22. The molecule has 0 saturated carbocycles. The number of aryl methyl sites for hydroxylation is 3. The molecule has 0 unspecified atom stereocenters. The average Bonchev–Trinajstić information content (AvgIpc) is 2.35. The molecule has 0 aliphatic rings. The zero-order valence-corrected chi connectivity index (χ0v) is 11.7. The number of carboxylic acid groups (broad SMARTS) is 1. The first kappa shape index (κ1) is 13.9. The van der Waals surface area contributed by atoms with Gasteiger partial charge in [-0.3, -0.25) is 0 Å². The second kappa shape index (κ2) is 5.21. The highest BCUT2D eigenvalue weighted by Gasteiger charge is 2.11. The van der Waals surface area contributed by atoms with Crippen molar-refractivity contribution in [2.24, 2.45) is 0 Å². The normalized spacial score (nSPS) is 10.3. The van der Waals surface area contributed by atoms with E-state index in [2.05, 4.69) is 22.4 Å². The van der Waals surface area contributed by atoms with E-state index in [-0.39, 0.29) is 11.3 Å². The quantitative estimate of drug-likeness (QED) is 0.798. The van der Waals surface area contributed by atoms with Gasteiger partial charge in [0, 0.05) is 5.69 Å². The number of hydrogen-bond acceptors (Lipinski definition) is 4. The van der Waals surface area contributed by atoms with Crippen LogP contribution in [0.15, 0.2) is 24.4 Å². The van der Waals surface area contributed by atoms with Crippen LogP contribution in [0.5, 0.6) is 0 Å². The summed E-state index contributed by atoms with van der Waals surface area (Å²) in [5.41, 5.74) is 10.1. The fourth-order valence-electron chi connectivity index (χ4n) is 2.22. The summed E-state index contributed by atoms with van der Waals surface area (Å²) < 4.78 is 0. The summed E-state index contributed by atoms with van der Waals surface area (Å²) in [4.78, 5) is 15.2. The van der Waals surface area contributed by atoms with Crippen molar-refractivity contribution >= 4 is 23.2 Å². The van der Waals surface area contributed by atoms with Crippen LogP contribution in [0.25, 0.3) is 0 Å². The van der Waals surface area contributed by atoms with Gasteiger partial charge in [0.2, 0.25) is 0 Å². The van der Waals surface area contributed by atoms with Crippen molar-refractivity contribution in [2.45, 2.75) is 20.8 Å². The van der Waals surface area contributed by atoms with Gasteiger partial charge in [-0.05, 0) is 38.0 Å². The molecule has 20 heavy (non-hydrogen) atoms. The lowest BCUT2D eigenvalue weighted by molar-refractivity contribution is 0.0698. The number of aromatic nitrogens is 1. The van der Waals surface area contributed by atoms with E-state index in [1.807, 2.05) is 20.8 Å². The molecule has 2 rings (SSSR count). The molecule has 1 aromatic carbocycles. The van der Waals surface area contributed by atoms with E-state index in [1.54, 1.807) is 0 Å². The fraction of sp³-hybridized carbons (Fsp3) is 0.200. The molecular weight excluding hydrogens is 254 g/mol. The number of nitrogens with one attached hydrogen (secondary N) is 1. The summed E-state index contributed by atoms with van der Waals surface area (Å²) in [7, 11) is 0. The van der Waals surface area contributed by atoms with E-state index in [0.29, 0.717) is 5.82 Å². The molecular formula is C15H17N3O2. The van der Waals surface area contributed by atoms with Crippen LogP contribution in [0.3, 0.4) is 0 Å². The summed E-state index contributed by atoms with van der Waals surface area (Å²) >= 11 is 0. The third-order valence-corrected chi connectivity index (χ3v) is 3.10. The van der Waals surface area contributed by atoms with E-state index in [4.69, 9.17) is 10.8 Å². The molecule has 0 aliphatic carbocycles. The second-order valence-corrected chi connectivity index (χ2v) is 4.86. The second-order valence-electron chi connectivity index (χ2n) is 4.86. The zero-order chi connectivity index (χ0) is 14.9. The maximum Gasteiger partial charge on any atom is 0.337 e. The molecule has 0 spiro atoms. The predicted octanol–water partition coefficient (Wildman–Crippen LogP) is 3.03. The van der Waals surface area contributed by atoms with Crippen molar-refractivity contribution in [3.63, 3.8) is 0 Å². The molecule has 0 saturated heterocycles. The number of anilines is 3. The fourth-order valence-corrected chi connectivity index (χ4v) is 2.22. The molecule has 1 heterocycles. The number of aromatic carboxylic acids is 1. The Labute approximate surface area is 117 Å². The number of carbonyl (C=O) groups is 1. The molecule has 0 bridgehead atoms. The Kier molecular flexibility index (Phi) is 3.61. The van der Waals surface area contributed by atoms with Gasteiger partial charge < -0.3 is 16.2 Å². The Hall–Kier alpha value is -2.56.